The predicted octanol–water partition coefficient (Wildman–Crippen LogP) is 4.13. The van der Waals surface area contributed by atoms with Gasteiger partial charge in [-0.25, -0.2) is 4.98 Å². The number of imidazole rings is 1. The van der Waals surface area contributed by atoms with E-state index in [1.165, 1.54) is 5.56 Å². The molecule has 4 aromatic rings. The van der Waals surface area contributed by atoms with Crippen LogP contribution in [0, 0.1) is 19.8 Å². The van der Waals surface area contributed by atoms with Crippen LogP contribution in [-0.4, -0.2) is 43.6 Å². The smallest absolute Gasteiger partial charge is 0.241 e. The fourth-order valence-electron chi connectivity index (χ4n) is 4.80. The van der Waals surface area contributed by atoms with Crippen LogP contribution in [0.4, 0.5) is 0 Å². The second-order valence-electron chi connectivity index (χ2n) is 9.54. The van der Waals surface area contributed by atoms with Crippen molar-refractivity contribution in [3.63, 3.8) is 0 Å². The first-order chi connectivity index (χ1) is 17.5. The Morgan fingerprint density at radius 2 is 1.97 bits per heavy atom. The predicted molar refractivity (Wildman–Crippen MR) is 137 cm³/mol. The molecule has 1 atom stereocenters. The topological polar surface area (TPSA) is 89.1 Å². The summed E-state index contributed by atoms with van der Waals surface area (Å²) in [5, 5.41) is 7.31. The minimum atomic E-state index is -0.0470. The van der Waals surface area contributed by atoms with E-state index in [9.17, 15) is 4.79 Å². The molecular weight excluding hydrogens is 452 g/mol. The van der Waals surface area contributed by atoms with Gasteiger partial charge in [-0.15, -0.1) is 0 Å². The van der Waals surface area contributed by atoms with Gasteiger partial charge in [0, 0.05) is 37.6 Å². The molecule has 1 aliphatic rings. The molecule has 3 heterocycles. The molecular formula is C28H32N6O2. The Balaban J connectivity index is 1.14. The number of rotatable bonds is 8. The lowest BCUT2D eigenvalue weighted by molar-refractivity contribution is -0.127. The van der Waals surface area contributed by atoms with Gasteiger partial charge in [0.2, 0.25) is 17.6 Å². The van der Waals surface area contributed by atoms with Crippen LogP contribution in [0.3, 0.4) is 0 Å². The van der Waals surface area contributed by atoms with Crippen molar-refractivity contribution >= 4 is 5.91 Å². The summed E-state index contributed by atoms with van der Waals surface area (Å²) < 4.78 is 7.64. The van der Waals surface area contributed by atoms with Gasteiger partial charge in [0.25, 0.3) is 0 Å². The monoisotopic (exact) mass is 484 g/mol. The van der Waals surface area contributed by atoms with Gasteiger partial charge in [0.1, 0.15) is 5.82 Å². The lowest BCUT2D eigenvalue weighted by Crippen LogP contribution is -2.42. The largest absolute Gasteiger partial charge is 0.352 e. The van der Waals surface area contributed by atoms with Gasteiger partial charge in [-0.1, -0.05) is 53.7 Å². The third-order valence-electron chi connectivity index (χ3n) is 6.82. The molecule has 0 saturated carbocycles. The number of aryl methyl sites for hydroxylation is 2. The van der Waals surface area contributed by atoms with Gasteiger partial charge in [0.15, 0.2) is 0 Å². The lowest BCUT2D eigenvalue weighted by Gasteiger charge is -2.30. The number of nitrogens with zero attached hydrogens (tertiary/aromatic N) is 5. The number of carbonyl (C=O) groups is 1. The van der Waals surface area contributed by atoms with Crippen LogP contribution in [0.2, 0.25) is 0 Å². The summed E-state index contributed by atoms with van der Waals surface area (Å²) in [6.45, 7) is 7.49. The van der Waals surface area contributed by atoms with E-state index in [0.717, 1.165) is 48.4 Å². The number of piperidine rings is 1. The number of nitrogens with one attached hydrogen (secondary N) is 1. The zero-order valence-electron chi connectivity index (χ0n) is 20.9. The number of likely N-dealkylation sites (tertiary alicyclic amines) is 1. The van der Waals surface area contributed by atoms with E-state index in [1.807, 2.05) is 56.6 Å². The third-order valence-corrected chi connectivity index (χ3v) is 6.82. The molecule has 1 fully saturated rings. The second kappa shape index (κ2) is 10.9. The van der Waals surface area contributed by atoms with Crippen LogP contribution in [0.15, 0.2) is 65.4 Å². The summed E-state index contributed by atoms with van der Waals surface area (Å²) >= 11 is 0. The summed E-state index contributed by atoms with van der Waals surface area (Å²) in [7, 11) is 0. The average molecular weight is 485 g/mol. The van der Waals surface area contributed by atoms with Gasteiger partial charge in [0.05, 0.1) is 12.5 Å². The molecule has 0 radical (unpaired) electrons. The van der Waals surface area contributed by atoms with Crippen LogP contribution in [0.5, 0.6) is 0 Å². The van der Waals surface area contributed by atoms with Crippen LogP contribution >= 0.6 is 0 Å². The molecule has 0 spiro atoms. The maximum atomic E-state index is 13.0. The summed E-state index contributed by atoms with van der Waals surface area (Å²) in [6.07, 6.45) is 5.65. The van der Waals surface area contributed by atoms with Crippen molar-refractivity contribution in [2.24, 2.45) is 5.92 Å². The molecule has 0 aliphatic carbocycles. The summed E-state index contributed by atoms with van der Waals surface area (Å²) in [5.74, 6) is 2.23. The van der Waals surface area contributed by atoms with Crippen LogP contribution in [-0.2, 0) is 24.4 Å². The zero-order chi connectivity index (χ0) is 24.9. The first-order valence-electron chi connectivity index (χ1n) is 12.5. The summed E-state index contributed by atoms with van der Waals surface area (Å²) in [4.78, 5) is 24.1. The maximum Gasteiger partial charge on any atom is 0.241 e. The highest BCUT2D eigenvalue weighted by atomic mass is 16.5. The Morgan fingerprint density at radius 3 is 2.81 bits per heavy atom. The van der Waals surface area contributed by atoms with E-state index in [2.05, 4.69) is 48.1 Å². The zero-order valence-corrected chi connectivity index (χ0v) is 20.9. The molecule has 1 aliphatic heterocycles. The molecule has 5 rings (SSSR count). The number of carbonyl (C=O) groups excluding carboxylic acids is 1. The molecule has 1 N–H and O–H groups in total. The molecule has 8 nitrogen and oxygen atoms in total. The van der Waals surface area contributed by atoms with E-state index >= 15 is 0 Å². The van der Waals surface area contributed by atoms with E-state index in [0.29, 0.717) is 31.3 Å². The molecule has 2 aromatic heterocycles. The van der Waals surface area contributed by atoms with E-state index in [1.54, 1.807) is 0 Å². The number of hydrogen-bond donors (Lipinski definition) is 1. The molecule has 8 heteroatoms. The van der Waals surface area contributed by atoms with Crippen LogP contribution in [0.1, 0.15) is 41.2 Å². The Hall–Kier alpha value is -3.78. The summed E-state index contributed by atoms with van der Waals surface area (Å²) in [6, 6.07) is 16.4. The first kappa shape index (κ1) is 23.9. The number of benzene rings is 2. The van der Waals surface area contributed by atoms with Gasteiger partial charge in [-0.3, -0.25) is 9.69 Å². The molecule has 2 aromatic carbocycles. The standard InChI is InChI=1S/C28H32N6O2/c1-20-7-3-4-11-25(20)27-31-26(36-32-27)19-33-13-6-10-24(18-33)28(35)30-16-22-8-5-9-23(15-22)17-34-14-12-29-21(34)2/h3-5,7-9,11-12,14-15,24H,6,10,13,16-19H2,1-2H3,(H,30,35). The van der Waals surface area contributed by atoms with Crippen LogP contribution in [0.25, 0.3) is 11.4 Å². The molecule has 36 heavy (non-hydrogen) atoms. The average Bonchev–Trinajstić information content (AvgIpc) is 3.52. The molecule has 0 bridgehead atoms. The van der Waals surface area contributed by atoms with Crippen molar-refractivity contribution in [1.29, 1.82) is 0 Å². The van der Waals surface area contributed by atoms with Crippen molar-refractivity contribution in [2.75, 3.05) is 13.1 Å². The van der Waals surface area contributed by atoms with Gasteiger partial charge in [-0.2, -0.15) is 4.98 Å². The highest BCUT2D eigenvalue weighted by Crippen LogP contribution is 2.22. The fraction of sp³-hybridized carbons (Fsp3) is 0.357. The highest BCUT2D eigenvalue weighted by Gasteiger charge is 2.27. The first-order valence-corrected chi connectivity index (χ1v) is 12.5. The van der Waals surface area contributed by atoms with Gasteiger partial charge < -0.3 is 14.4 Å². The van der Waals surface area contributed by atoms with Gasteiger partial charge in [-0.05, 0) is 49.9 Å². The Bertz CT molecular complexity index is 1330. The Morgan fingerprint density at radius 1 is 1.11 bits per heavy atom. The summed E-state index contributed by atoms with van der Waals surface area (Å²) in [5.41, 5.74) is 4.38. The van der Waals surface area contributed by atoms with Crippen molar-refractivity contribution in [2.45, 2.75) is 46.3 Å². The highest BCUT2D eigenvalue weighted by molar-refractivity contribution is 5.79. The van der Waals surface area contributed by atoms with Gasteiger partial charge >= 0.3 is 0 Å². The minimum absolute atomic E-state index is 0.0470. The van der Waals surface area contributed by atoms with E-state index in [4.69, 9.17) is 4.52 Å². The molecule has 1 unspecified atom stereocenters. The Kier molecular flexibility index (Phi) is 7.23. The second-order valence-corrected chi connectivity index (χ2v) is 9.54. The molecule has 1 saturated heterocycles. The number of aromatic nitrogens is 4. The quantitative estimate of drug-likeness (QED) is 0.405. The van der Waals surface area contributed by atoms with Crippen molar-refractivity contribution < 1.29 is 9.32 Å². The molecule has 1 amide bonds. The van der Waals surface area contributed by atoms with Crippen molar-refractivity contribution in [3.05, 3.63) is 89.3 Å². The number of amides is 1. The Labute approximate surface area is 211 Å². The van der Waals surface area contributed by atoms with E-state index in [-0.39, 0.29) is 11.8 Å². The lowest BCUT2D eigenvalue weighted by atomic mass is 9.97. The normalized spacial score (nSPS) is 16.2. The van der Waals surface area contributed by atoms with E-state index < -0.39 is 0 Å². The fourth-order valence-corrected chi connectivity index (χ4v) is 4.80. The van der Waals surface area contributed by atoms with Crippen molar-refractivity contribution in [3.8, 4) is 11.4 Å². The van der Waals surface area contributed by atoms with Crippen molar-refractivity contribution in [1.82, 2.24) is 29.9 Å². The molecule has 186 valence electrons. The van der Waals surface area contributed by atoms with Crippen LogP contribution < -0.4 is 5.32 Å². The number of hydrogen-bond acceptors (Lipinski definition) is 6. The SMILES string of the molecule is Cc1ccccc1-c1noc(CN2CCCC(C(=O)NCc3cccc(Cn4ccnc4C)c3)C2)n1. The maximum absolute atomic E-state index is 13.0. The minimum Gasteiger partial charge on any atom is -0.352 e. The third kappa shape index (κ3) is 5.71.